The van der Waals surface area contributed by atoms with E-state index >= 15 is 0 Å². The van der Waals surface area contributed by atoms with Crippen LogP contribution in [-0.2, 0) is 4.79 Å². The molecule has 0 saturated heterocycles. The molecule has 0 spiro atoms. The molecule has 2 unspecified atom stereocenters. The van der Waals surface area contributed by atoms with Crippen molar-refractivity contribution in [2.75, 3.05) is 0 Å². The molecule has 108 valence electrons. The van der Waals surface area contributed by atoms with Crippen molar-refractivity contribution in [1.82, 2.24) is 0 Å². The van der Waals surface area contributed by atoms with Crippen molar-refractivity contribution >= 4 is 5.78 Å². The maximum atomic E-state index is 12.2. The van der Waals surface area contributed by atoms with Gasteiger partial charge in [-0.15, -0.1) is 0 Å². The molecule has 4 N–H and O–H groups in total. The number of rotatable bonds is 1. The van der Waals surface area contributed by atoms with Gasteiger partial charge in [0.2, 0.25) is 5.78 Å². The predicted octanol–water partition coefficient (Wildman–Crippen LogP) is 1.54. The molecule has 21 heavy (non-hydrogen) atoms. The first-order chi connectivity index (χ1) is 9.97. The Morgan fingerprint density at radius 3 is 2.48 bits per heavy atom. The second-order valence-electron chi connectivity index (χ2n) is 4.77. The molecule has 0 aliphatic carbocycles. The van der Waals surface area contributed by atoms with E-state index in [4.69, 9.17) is 4.74 Å². The Bertz CT molecular complexity index is 724. The molecule has 0 amide bonds. The van der Waals surface area contributed by atoms with Gasteiger partial charge in [0.25, 0.3) is 0 Å². The largest absolute Gasteiger partial charge is 0.508 e. The van der Waals surface area contributed by atoms with Crippen LogP contribution in [0.15, 0.2) is 36.4 Å². The molecule has 2 aromatic carbocycles. The van der Waals surface area contributed by atoms with E-state index in [-0.39, 0.29) is 22.8 Å². The number of aliphatic hydroxyl groups excluding tert-OH is 1. The normalized spacial score (nSPS) is 20.7. The molecule has 1 heterocycles. The Labute approximate surface area is 119 Å². The smallest absolute Gasteiger partial charge is 0.211 e. The van der Waals surface area contributed by atoms with Gasteiger partial charge in [0.05, 0.1) is 5.56 Å². The molecule has 1 aliphatic rings. The molecule has 0 radical (unpaired) electrons. The molecule has 0 bridgehead atoms. The topological polar surface area (TPSA) is 107 Å². The van der Waals surface area contributed by atoms with Crippen molar-refractivity contribution in [1.29, 1.82) is 0 Å². The summed E-state index contributed by atoms with van der Waals surface area (Å²) in [6.45, 7) is 0. The number of ether oxygens (including phenoxy) is 1. The average molecular weight is 288 g/mol. The molecule has 2 aromatic rings. The zero-order valence-corrected chi connectivity index (χ0v) is 10.7. The first-order valence-electron chi connectivity index (χ1n) is 6.20. The number of phenolic OH excluding ortho intramolecular Hbond substituents is 3. The minimum absolute atomic E-state index is 0.0212. The van der Waals surface area contributed by atoms with Gasteiger partial charge in [-0.3, -0.25) is 4.79 Å². The summed E-state index contributed by atoms with van der Waals surface area (Å²) in [6.07, 6.45) is -2.69. The van der Waals surface area contributed by atoms with E-state index in [0.29, 0.717) is 5.56 Å². The quantitative estimate of drug-likeness (QED) is 0.634. The highest BCUT2D eigenvalue weighted by atomic mass is 16.5. The maximum absolute atomic E-state index is 12.2. The van der Waals surface area contributed by atoms with Gasteiger partial charge in [-0.05, 0) is 12.1 Å². The van der Waals surface area contributed by atoms with Gasteiger partial charge in [0, 0.05) is 17.7 Å². The summed E-state index contributed by atoms with van der Waals surface area (Å²) in [5, 5.41) is 38.7. The van der Waals surface area contributed by atoms with Gasteiger partial charge in [-0.2, -0.15) is 0 Å². The third-order valence-electron chi connectivity index (χ3n) is 3.32. The van der Waals surface area contributed by atoms with Gasteiger partial charge in [0.15, 0.2) is 6.10 Å². The van der Waals surface area contributed by atoms with Gasteiger partial charge in [-0.1, -0.05) is 12.1 Å². The first-order valence-corrected chi connectivity index (χ1v) is 6.20. The number of carbonyl (C=O) groups excluding carboxylic acids is 1. The Balaban J connectivity index is 2.09. The van der Waals surface area contributed by atoms with Crippen LogP contribution in [0.25, 0.3) is 0 Å². The highest BCUT2D eigenvalue weighted by molar-refractivity contribution is 5.92. The molecule has 0 fully saturated rings. The number of ketones is 1. The van der Waals surface area contributed by atoms with Gasteiger partial charge >= 0.3 is 0 Å². The van der Waals surface area contributed by atoms with E-state index in [0.717, 1.165) is 6.07 Å². The molecular weight excluding hydrogens is 276 g/mol. The minimum Gasteiger partial charge on any atom is -0.508 e. The Morgan fingerprint density at radius 1 is 1.00 bits per heavy atom. The third-order valence-corrected chi connectivity index (χ3v) is 3.32. The van der Waals surface area contributed by atoms with E-state index in [9.17, 15) is 25.2 Å². The summed E-state index contributed by atoms with van der Waals surface area (Å²) < 4.78 is 5.48. The predicted molar refractivity (Wildman–Crippen MR) is 71.2 cm³/mol. The van der Waals surface area contributed by atoms with Crippen molar-refractivity contribution in [3.8, 4) is 23.0 Å². The Morgan fingerprint density at radius 2 is 1.76 bits per heavy atom. The number of carbonyl (C=O) groups is 1. The van der Waals surface area contributed by atoms with E-state index in [1.165, 1.54) is 18.2 Å². The lowest BCUT2D eigenvalue weighted by atomic mass is 9.93. The number of aliphatic hydroxyl groups is 1. The lowest BCUT2D eigenvalue weighted by molar-refractivity contribution is -0.137. The number of hydrogen-bond acceptors (Lipinski definition) is 6. The summed E-state index contributed by atoms with van der Waals surface area (Å²) in [5.74, 6) is -1.34. The zero-order chi connectivity index (χ0) is 15.1. The van der Waals surface area contributed by atoms with Crippen molar-refractivity contribution in [3.05, 3.63) is 47.5 Å². The van der Waals surface area contributed by atoms with Crippen molar-refractivity contribution < 1.29 is 30.0 Å². The number of benzene rings is 2. The van der Waals surface area contributed by atoms with Crippen LogP contribution in [0.2, 0.25) is 0 Å². The average Bonchev–Trinajstić information content (AvgIpc) is 2.42. The summed E-state index contributed by atoms with van der Waals surface area (Å²) in [5.41, 5.74) is 0.293. The summed E-state index contributed by atoms with van der Waals surface area (Å²) >= 11 is 0. The second-order valence-corrected chi connectivity index (χ2v) is 4.77. The van der Waals surface area contributed by atoms with Gasteiger partial charge in [-0.25, -0.2) is 0 Å². The van der Waals surface area contributed by atoms with Crippen molar-refractivity contribution in [2.45, 2.75) is 12.2 Å². The molecule has 0 aromatic heterocycles. The molecule has 6 heteroatoms. The summed E-state index contributed by atoms with van der Waals surface area (Å²) in [7, 11) is 0. The van der Waals surface area contributed by atoms with Crippen molar-refractivity contribution in [2.24, 2.45) is 0 Å². The van der Waals surface area contributed by atoms with Crippen LogP contribution in [0.3, 0.4) is 0 Å². The van der Waals surface area contributed by atoms with Gasteiger partial charge in [0.1, 0.15) is 29.1 Å². The molecule has 2 atom stereocenters. The standard InChI is InChI=1S/C15H12O6/c16-8-3-1-2-7(4-8)15-14(20)13(19)12-10(18)5-9(17)6-11(12)21-15/h1-6,13,15-19H. The highest BCUT2D eigenvalue weighted by Gasteiger charge is 2.38. The summed E-state index contributed by atoms with van der Waals surface area (Å²) in [4.78, 5) is 12.2. The monoisotopic (exact) mass is 288 g/mol. The van der Waals surface area contributed by atoms with Crippen LogP contribution >= 0.6 is 0 Å². The third kappa shape index (κ3) is 2.15. The summed E-state index contributed by atoms with van der Waals surface area (Å²) in [6, 6.07) is 8.14. The van der Waals surface area contributed by atoms with Gasteiger partial charge < -0.3 is 25.2 Å². The Hall–Kier alpha value is -2.73. The fraction of sp³-hybridized carbons (Fsp3) is 0.133. The molecule has 6 nitrogen and oxygen atoms in total. The first kappa shape index (κ1) is 13.3. The van der Waals surface area contributed by atoms with Crippen molar-refractivity contribution in [3.63, 3.8) is 0 Å². The number of fused-ring (bicyclic) bond motifs is 1. The molecular formula is C15H12O6. The highest BCUT2D eigenvalue weighted by Crippen LogP contribution is 2.45. The maximum Gasteiger partial charge on any atom is 0.211 e. The lowest BCUT2D eigenvalue weighted by Crippen LogP contribution is -2.30. The minimum atomic E-state index is -1.57. The number of hydrogen-bond donors (Lipinski definition) is 4. The molecule has 1 aliphatic heterocycles. The lowest BCUT2D eigenvalue weighted by Gasteiger charge is -2.29. The zero-order valence-electron chi connectivity index (χ0n) is 10.7. The molecule has 0 saturated carbocycles. The Kier molecular flexibility index (Phi) is 2.95. The SMILES string of the molecule is O=C1C(O)c2c(O)cc(O)cc2OC1c1cccc(O)c1. The van der Waals surface area contributed by atoms with Crippen LogP contribution in [0.4, 0.5) is 0 Å². The number of aromatic hydroxyl groups is 3. The van der Waals surface area contributed by atoms with Crippen LogP contribution < -0.4 is 4.74 Å². The van der Waals surface area contributed by atoms with Crippen LogP contribution in [0.1, 0.15) is 23.3 Å². The van der Waals surface area contributed by atoms with Crippen LogP contribution in [0, 0.1) is 0 Å². The van der Waals surface area contributed by atoms with Crippen LogP contribution in [-0.4, -0.2) is 26.2 Å². The van der Waals surface area contributed by atoms with E-state index in [1.807, 2.05) is 0 Å². The second kappa shape index (κ2) is 4.68. The number of phenols is 3. The fourth-order valence-electron chi connectivity index (χ4n) is 2.36. The van der Waals surface area contributed by atoms with E-state index in [1.54, 1.807) is 12.1 Å². The fourth-order valence-corrected chi connectivity index (χ4v) is 2.36. The number of Topliss-reactive ketones (excluding diaryl/α,β-unsaturated/α-hetero) is 1. The molecule has 3 rings (SSSR count). The van der Waals surface area contributed by atoms with E-state index < -0.39 is 23.7 Å². The van der Waals surface area contributed by atoms with Crippen LogP contribution in [0.5, 0.6) is 23.0 Å². The van der Waals surface area contributed by atoms with E-state index in [2.05, 4.69) is 0 Å².